The minimum Gasteiger partial charge on any atom is -0.324 e. The van der Waals surface area contributed by atoms with E-state index < -0.39 is 0 Å². The molecule has 0 radical (unpaired) electrons. The summed E-state index contributed by atoms with van der Waals surface area (Å²) >= 11 is 0. The van der Waals surface area contributed by atoms with Gasteiger partial charge in [0, 0.05) is 5.69 Å². The van der Waals surface area contributed by atoms with Gasteiger partial charge in [-0.1, -0.05) is 17.3 Å². The molecule has 1 aromatic carbocycles. The first-order valence-corrected chi connectivity index (χ1v) is 5.81. The van der Waals surface area contributed by atoms with Crippen molar-refractivity contribution in [3.63, 3.8) is 0 Å². The quantitative estimate of drug-likeness (QED) is 0.840. The number of rotatable bonds is 4. The molecule has 0 spiro atoms. The van der Waals surface area contributed by atoms with Crippen LogP contribution in [-0.2, 0) is 11.3 Å². The van der Waals surface area contributed by atoms with Crippen LogP contribution in [0.4, 0.5) is 5.69 Å². The Kier molecular flexibility index (Phi) is 3.70. The Hall–Kier alpha value is -2.50. The zero-order valence-electron chi connectivity index (χ0n) is 10.8. The second-order valence-electron chi connectivity index (χ2n) is 4.25. The Bertz CT molecular complexity index is 619. The molecule has 19 heavy (non-hydrogen) atoms. The Morgan fingerprint density at radius 1 is 1.42 bits per heavy atom. The standard InChI is InChI=1S/C13H14N4O2/c1-9-4-3-5-12(10(9)2)14-13(19)7-17-6-11(8-18)15-16-17/h3-6,8H,7H2,1-2H3,(H,14,19). The van der Waals surface area contributed by atoms with E-state index in [1.165, 1.54) is 10.9 Å². The second kappa shape index (κ2) is 5.43. The molecule has 0 aliphatic carbocycles. The SMILES string of the molecule is Cc1cccc(NC(=O)Cn2cc(C=O)nn2)c1C. The molecule has 1 aromatic heterocycles. The molecule has 98 valence electrons. The van der Waals surface area contributed by atoms with Gasteiger partial charge in [-0.15, -0.1) is 5.10 Å². The third-order valence-corrected chi connectivity index (χ3v) is 2.86. The van der Waals surface area contributed by atoms with Crippen LogP contribution >= 0.6 is 0 Å². The first-order valence-electron chi connectivity index (χ1n) is 5.81. The molecule has 1 heterocycles. The average molecular weight is 258 g/mol. The molecule has 2 rings (SSSR count). The van der Waals surface area contributed by atoms with Gasteiger partial charge in [-0.2, -0.15) is 0 Å². The first-order chi connectivity index (χ1) is 9.10. The van der Waals surface area contributed by atoms with Crippen molar-refractivity contribution in [2.24, 2.45) is 0 Å². The largest absolute Gasteiger partial charge is 0.324 e. The number of carbonyl (C=O) groups excluding carboxylic acids is 2. The molecule has 6 nitrogen and oxygen atoms in total. The number of anilines is 1. The van der Waals surface area contributed by atoms with Crippen molar-refractivity contribution >= 4 is 17.9 Å². The molecule has 0 saturated heterocycles. The number of aldehydes is 1. The van der Waals surface area contributed by atoms with Gasteiger partial charge in [0.25, 0.3) is 0 Å². The third-order valence-electron chi connectivity index (χ3n) is 2.86. The predicted octanol–water partition coefficient (Wildman–Crippen LogP) is 1.35. The smallest absolute Gasteiger partial charge is 0.246 e. The van der Waals surface area contributed by atoms with Crippen molar-refractivity contribution in [3.05, 3.63) is 41.2 Å². The molecule has 1 N–H and O–H groups in total. The highest BCUT2D eigenvalue weighted by molar-refractivity contribution is 5.91. The highest BCUT2D eigenvalue weighted by Crippen LogP contribution is 2.17. The Morgan fingerprint density at radius 3 is 2.89 bits per heavy atom. The molecule has 0 aliphatic rings. The minimum absolute atomic E-state index is 0.0220. The summed E-state index contributed by atoms with van der Waals surface area (Å²) < 4.78 is 1.32. The Balaban J connectivity index is 2.05. The number of hydrogen-bond donors (Lipinski definition) is 1. The molecule has 0 unspecified atom stereocenters. The monoisotopic (exact) mass is 258 g/mol. The van der Waals surface area contributed by atoms with Crippen molar-refractivity contribution in [2.45, 2.75) is 20.4 Å². The normalized spacial score (nSPS) is 10.2. The van der Waals surface area contributed by atoms with Crippen LogP contribution in [0.2, 0.25) is 0 Å². The van der Waals surface area contributed by atoms with Crippen LogP contribution < -0.4 is 5.32 Å². The van der Waals surface area contributed by atoms with E-state index in [0.717, 1.165) is 16.8 Å². The molecule has 6 heteroatoms. The summed E-state index contributed by atoms with van der Waals surface area (Å²) in [4.78, 5) is 22.3. The minimum atomic E-state index is -0.212. The van der Waals surface area contributed by atoms with E-state index in [1.807, 2.05) is 32.0 Å². The molecular formula is C13H14N4O2. The number of hydrogen-bond acceptors (Lipinski definition) is 4. The van der Waals surface area contributed by atoms with Gasteiger partial charge in [0.05, 0.1) is 6.20 Å². The number of nitrogens with zero attached hydrogens (tertiary/aromatic N) is 3. The van der Waals surface area contributed by atoms with Gasteiger partial charge in [-0.05, 0) is 31.0 Å². The third kappa shape index (κ3) is 3.04. The topological polar surface area (TPSA) is 76.9 Å². The van der Waals surface area contributed by atoms with Crippen molar-refractivity contribution < 1.29 is 9.59 Å². The maximum absolute atomic E-state index is 11.9. The lowest BCUT2D eigenvalue weighted by atomic mass is 10.1. The van der Waals surface area contributed by atoms with Crippen molar-refractivity contribution in [3.8, 4) is 0 Å². The number of carbonyl (C=O) groups is 2. The van der Waals surface area contributed by atoms with Gasteiger partial charge in [0.1, 0.15) is 12.2 Å². The zero-order chi connectivity index (χ0) is 13.8. The van der Waals surface area contributed by atoms with Crippen molar-refractivity contribution in [2.75, 3.05) is 5.32 Å². The van der Waals surface area contributed by atoms with Gasteiger partial charge in [0.15, 0.2) is 6.29 Å². The van der Waals surface area contributed by atoms with Gasteiger partial charge < -0.3 is 5.32 Å². The van der Waals surface area contributed by atoms with E-state index in [9.17, 15) is 9.59 Å². The van der Waals surface area contributed by atoms with Crippen LogP contribution in [0.1, 0.15) is 21.6 Å². The van der Waals surface area contributed by atoms with Crippen LogP contribution in [0.5, 0.6) is 0 Å². The maximum Gasteiger partial charge on any atom is 0.246 e. The predicted molar refractivity (Wildman–Crippen MR) is 70.0 cm³/mol. The highest BCUT2D eigenvalue weighted by atomic mass is 16.2. The fraction of sp³-hybridized carbons (Fsp3) is 0.231. The number of benzene rings is 1. The van der Waals surface area contributed by atoms with Crippen LogP contribution in [0, 0.1) is 13.8 Å². The fourth-order valence-corrected chi connectivity index (χ4v) is 1.67. The summed E-state index contributed by atoms with van der Waals surface area (Å²) in [6.45, 7) is 3.96. The van der Waals surface area contributed by atoms with Crippen LogP contribution in [0.3, 0.4) is 0 Å². The molecule has 0 atom stereocenters. The molecule has 0 aliphatic heterocycles. The second-order valence-corrected chi connectivity index (χ2v) is 4.25. The first kappa shape index (κ1) is 12.9. The molecule has 0 bridgehead atoms. The summed E-state index contributed by atoms with van der Waals surface area (Å²) in [7, 11) is 0. The summed E-state index contributed by atoms with van der Waals surface area (Å²) in [6, 6.07) is 5.72. The van der Waals surface area contributed by atoms with Gasteiger partial charge >= 0.3 is 0 Å². The lowest BCUT2D eigenvalue weighted by molar-refractivity contribution is -0.116. The van der Waals surface area contributed by atoms with Gasteiger partial charge in [-0.25, -0.2) is 4.68 Å². The molecular weight excluding hydrogens is 244 g/mol. The van der Waals surface area contributed by atoms with E-state index in [1.54, 1.807) is 0 Å². The van der Waals surface area contributed by atoms with Crippen LogP contribution in [-0.4, -0.2) is 27.2 Å². The maximum atomic E-state index is 11.9. The number of amides is 1. The molecule has 1 amide bonds. The van der Waals surface area contributed by atoms with Crippen molar-refractivity contribution in [1.82, 2.24) is 15.0 Å². The summed E-state index contributed by atoms with van der Waals surface area (Å²) in [5.41, 5.74) is 3.13. The van der Waals surface area contributed by atoms with E-state index in [0.29, 0.717) is 6.29 Å². The number of aromatic nitrogens is 3. The van der Waals surface area contributed by atoms with Crippen LogP contribution in [0.15, 0.2) is 24.4 Å². The van der Waals surface area contributed by atoms with E-state index in [4.69, 9.17) is 0 Å². The van der Waals surface area contributed by atoms with E-state index >= 15 is 0 Å². The molecule has 0 saturated carbocycles. The van der Waals surface area contributed by atoms with Crippen molar-refractivity contribution in [1.29, 1.82) is 0 Å². The fourth-order valence-electron chi connectivity index (χ4n) is 1.67. The zero-order valence-corrected chi connectivity index (χ0v) is 10.8. The van der Waals surface area contributed by atoms with Gasteiger partial charge in [-0.3, -0.25) is 9.59 Å². The summed E-state index contributed by atoms with van der Waals surface area (Å²) in [5, 5.41) is 10.1. The Morgan fingerprint density at radius 2 is 2.21 bits per heavy atom. The van der Waals surface area contributed by atoms with Crippen LogP contribution in [0.25, 0.3) is 0 Å². The lowest BCUT2D eigenvalue weighted by Crippen LogP contribution is -2.19. The summed E-state index contributed by atoms with van der Waals surface area (Å²) in [6.07, 6.45) is 2.02. The highest BCUT2D eigenvalue weighted by Gasteiger charge is 2.08. The summed E-state index contributed by atoms with van der Waals surface area (Å²) in [5.74, 6) is -0.212. The van der Waals surface area contributed by atoms with Gasteiger partial charge in [0.2, 0.25) is 5.91 Å². The average Bonchev–Trinajstić information content (AvgIpc) is 2.82. The molecule has 0 fully saturated rings. The lowest BCUT2D eigenvalue weighted by Gasteiger charge is -2.10. The Labute approximate surface area is 110 Å². The molecule has 2 aromatic rings. The van der Waals surface area contributed by atoms with E-state index in [-0.39, 0.29) is 18.1 Å². The number of aryl methyl sites for hydroxylation is 1. The van der Waals surface area contributed by atoms with E-state index in [2.05, 4.69) is 15.6 Å². The number of nitrogens with one attached hydrogen (secondary N) is 1.